The van der Waals surface area contributed by atoms with E-state index >= 15 is 0 Å². The fourth-order valence-corrected chi connectivity index (χ4v) is 2.58. The van der Waals surface area contributed by atoms with Gasteiger partial charge in [-0.1, -0.05) is 0 Å². The summed E-state index contributed by atoms with van der Waals surface area (Å²) in [6, 6.07) is 0. The van der Waals surface area contributed by atoms with E-state index in [0.717, 1.165) is 11.8 Å². The third kappa shape index (κ3) is 2.85. The average molecular weight is 297 g/mol. The van der Waals surface area contributed by atoms with E-state index in [-0.39, 0.29) is 17.0 Å². The number of halogens is 3. The Morgan fingerprint density at radius 3 is 2.84 bits per heavy atom. The zero-order valence-electron chi connectivity index (χ0n) is 9.42. The largest absolute Gasteiger partial charge is 0.419 e. The highest BCUT2D eigenvalue weighted by molar-refractivity contribution is 8.00. The lowest BCUT2D eigenvalue weighted by atomic mass is 10.1. The molecule has 6 nitrogen and oxygen atoms in total. The van der Waals surface area contributed by atoms with Crippen molar-refractivity contribution in [3.05, 3.63) is 27.9 Å². The summed E-state index contributed by atoms with van der Waals surface area (Å²) in [5, 5.41) is 8.88. The number of aliphatic hydroxyl groups excluding tert-OH is 1. The first-order valence-electron chi connectivity index (χ1n) is 5.16. The molecule has 106 valence electrons. The second-order valence-corrected chi connectivity index (χ2v) is 4.99. The number of aliphatic hydroxyl groups is 1. The topological polar surface area (TPSA) is 90.4 Å². The number of nitrogens with zero attached hydrogens (tertiary/aromatic N) is 2. The van der Waals surface area contributed by atoms with Gasteiger partial charge in [0.2, 0.25) is 0 Å². The maximum atomic E-state index is 12.9. The standard InChI is InChI=1S/C9H10F3N3O3S/c10-9(11,12)4-1-15(13)8(17)14-7(4)5-3-19-6(2-16)18-5/h1,5-6,16H,2-3,13H2. The van der Waals surface area contributed by atoms with Crippen LogP contribution in [0.2, 0.25) is 0 Å². The lowest BCUT2D eigenvalue weighted by Gasteiger charge is -2.16. The van der Waals surface area contributed by atoms with Gasteiger partial charge in [0.25, 0.3) is 0 Å². The van der Waals surface area contributed by atoms with Crippen LogP contribution in [0.3, 0.4) is 0 Å². The molecule has 0 radical (unpaired) electrons. The quantitative estimate of drug-likeness (QED) is 0.752. The molecule has 0 saturated carbocycles. The predicted octanol–water partition coefficient (Wildman–Crippen LogP) is 0.0988. The molecule has 1 aliphatic rings. The van der Waals surface area contributed by atoms with Gasteiger partial charge in [-0.2, -0.15) is 18.2 Å². The third-order valence-corrected chi connectivity index (χ3v) is 3.62. The zero-order chi connectivity index (χ0) is 14.2. The number of hydrogen-bond acceptors (Lipinski definition) is 6. The smallest absolute Gasteiger partial charge is 0.393 e. The molecule has 0 aliphatic carbocycles. The lowest BCUT2D eigenvalue weighted by molar-refractivity contribution is -0.140. The van der Waals surface area contributed by atoms with Crippen LogP contribution in [0.5, 0.6) is 0 Å². The maximum absolute atomic E-state index is 12.9. The van der Waals surface area contributed by atoms with Crippen molar-refractivity contribution in [3.63, 3.8) is 0 Å². The first kappa shape index (κ1) is 14.2. The summed E-state index contributed by atoms with van der Waals surface area (Å²) in [6.45, 7) is -0.323. The number of hydrogen-bond donors (Lipinski definition) is 2. The van der Waals surface area contributed by atoms with E-state index in [0.29, 0.717) is 6.20 Å². The molecule has 1 aromatic rings. The number of nitrogen functional groups attached to an aromatic ring is 1. The highest BCUT2D eigenvalue weighted by Gasteiger charge is 2.40. The number of ether oxygens (including phenoxy) is 1. The number of thioether (sulfide) groups is 1. The normalized spacial score (nSPS) is 23.8. The Hall–Kier alpha value is -1.26. The van der Waals surface area contributed by atoms with E-state index < -0.39 is 34.7 Å². The molecule has 0 spiro atoms. The molecule has 2 rings (SSSR count). The van der Waals surface area contributed by atoms with E-state index in [4.69, 9.17) is 15.7 Å². The Balaban J connectivity index is 2.44. The van der Waals surface area contributed by atoms with Crippen molar-refractivity contribution in [1.29, 1.82) is 0 Å². The van der Waals surface area contributed by atoms with Crippen molar-refractivity contribution in [2.24, 2.45) is 0 Å². The van der Waals surface area contributed by atoms with Crippen LogP contribution in [0.1, 0.15) is 17.4 Å². The first-order chi connectivity index (χ1) is 8.82. The SMILES string of the molecule is Nn1cc(C(F)(F)F)c(C2CSC(CO)O2)nc1=O. The van der Waals surface area contributed by atoms with Gasteiger partial charge in [0, 0.05) is 11.9 Å². The van der Waals surface area contributed by atoms with Crippen LogP contribution in [-0.2, 0) is 10.9 Å². The van der Waals surface area contributed by atoms with E-state index in [1.807, 2.05) is 0 Å². The van der Waals surface area contributed by atoms with E-state index in [9.17, 15) is 18.0 Å². The molecule has 2 atom stereocenters. The van der Waals surface area contributed by atoms with Crippen LogP contribution >= 0.6 is 11.8 Å². The second kappa shape index (κ2) is 5.02. The number of rotatable bonds is 2. The van der Waals surface area contributed by atoms with Gasteiger partial charge in [0.1, 0.15) is 11.5 Å². The lowest BCUT2D eigenvalue weighted by Crippen LogP contribution is -2.33. The Morgan fingerprint density at radius 2 is 2.32 bits per heavy atom. The Kier molecular flexibility index (Phi) is 3.74. The molecule has 2 unspecified atom stereocenters. The van der Waals surface area contributed by atoms with Crippen molar-refractivity contribution in [3.8, 4) is 0 Å². The van der Waals surface area contributed by atoms with Gasteiger partial charge in [0.15, 0.2) is 0 Å². The number of nitrogens with two attached hydrogens (primary N) is 1. The van der Waals surface area contributed by atoms with E-state index in [1.54, 1.807) is 0 Å². The fraction of sp³-hybridized carbons (Fsp3) is 0.556. The Morgan fingerprint density at radius 1 is 1.63 bits per heavy atom. The van der Waals surface area contributed by atoms with Gasteiger partial charge in [-0.05, 0) is 0 Å². The van der Waals surface area contributed by atoms with E-state index in [2.05, 4.69) is 4.98 Å². The van der Waals surface area contributed by atoms with Gasteiger partial charge in [-0.15, -0.1) is 11.8 Å². The van der Waals surface area contributed by atoms with Crippen molar-refractivity contribution in [1.82, 2.24) is 9.66 Å². The minimum absolute atomic E-state index is 0.176. The molecular weight excluding hydrogens is 287 g/mol. The van der Waals surface area contributed by atoms with Crippen molar-refractivity contribution >= 4 is 11.8 Å². The average Bonchev–Trinajstić information content (AvgIpc) is 2.79. The molecule has 10 heteroatoms. The van der Waals surface area contributed by atoms with Crippen LogP contribution in [0, 0.1) is 0 Å². The molecule has 1 aliphatic heterocycles. The Labute approximate surface area is 109 Å². The molecule has 1 fully saturated rings. The molecule has 0 bridgehead atoms. The van der Waals surface area contributed by atoms with Gasteiger partial charge in [-0.25, -0.2) is 9.47 Å². The molecule has 1 saturated heterocycles. The van der Waals surface area contributed by atoms with Crippen LogP contribution < -0.4 is 11.5 Å². The summed E-state index contributed by atoms with van der Waals surface area (Å²) < 4.78 is 44.1. The summed E-state index contributed by atoms with van der Waals surface area (Å²) in [4.78, 5) is 14.6. The Bertz CT molecular complexity index is 534. The molecule has 3 N–H and O–H groups in total. The van der Waals surface area contributed by atoms with Gasteiger partial charge >= 0.3 is 11.9 Å². The van der Waals surface area contributed by atoms with Gasteiger partial charge in [0.05, 0.1) is 17.9 Å². The van der Waals surface area contributed by atoms with Crippen LogP contribution in [0.25, 0.3) is 0 Å². The minimum atomic E-state index is -4.69. The summed E-state index contributed by atoms with van der Waals surface area (Å²) in [5.41, 5.74) is -3.22. The van der Waals surface area contributed by atoms with Crippen LogP contribution in [0.15, 0.2) is 11.0 Å². The van der Waals surface area contributed by atoms with E-state index in [1.165, 1.54) is 0 Å². The number of alkyl halides is 3. The molecular formula is C9H10F3N3O3S. The summed E-state index contributed by atoms with van der Waals surface area (Å²) in [7, 11) is 0. The van der Waals surface area contributed by atoms with Crippen molar-refractivity contribution < 1.29 is 23.0 Å². The molecule has 0 aromatic carbocycles. The van der Waals surface area contributed by atoms with Crippen molar-refractivity contribution in [2.45, 2.75) is 17.7 Å². The maximum Gasteiger partial charge on any atom is 0.419 e. The minimum Gasteiger partial charge on any atom is -0.393 e. The summed E-state index contributed by atoms with van der Waals surface area (Å²) in [6.07, 6.45) is -5.19. The zero-order valence-corrected chi connectivity index (χ0v) is 10.2. The predicted molar refractivity (Wildman–Crippen MR) is 60.8 cm³/mol. The fourth-order valence-electron chi connectivity index (χ4n) is 1.64. The summed E-state index contributed by atoms with van der Waals surface area (Å²) in [5.74, 6) is 5.27. The molecule has 1 aromatic heterocycles. The van der Waals surface area contributed by atoms with Gasteiger partial charge in [-0.3, -0.25) is 0 Å². The van der Waals surface area contributed by atoms with Crippen LogP contribution in [-0.4, -0.2) is 32.6 Å². The van der Waals surface area contributed by atoms with Gasteiger partial charge < -0.3 is 15.7 Å². The van der Waals surface area contributed by atoms with Crippen molar-refractivity contribution in [2.75, 3.05) is 18.2 Å². The highest BCUT2D eigenvalue weighted by Crippen LogP contribution is 2.39. The van der Waals surface area contributed by atoms with Crippen LogP contribution in [0.4, 0.5) is 13.2 Å². The molecule has 0 amide bonds. The molecule has 19 heavy (non-hydrogen) atoms. The monoisotopic (exact) mass is 297 g/mol. The number of aromatic nitrogens is 2. The molecule has 2 heterocycles. The third-order valence-electron chi connectivity index (χ3n) is 2.49. The first-order valence-corrected chi connectivity index (χ1v) is 6.21. The summed E-state index contributed by atoms with van der Waals surface area (Å²) >= 11 is 1.16. The highest BCUT2D eigenvalue weighted by atomic mass is 32.2. The second-order valence-electron chi connectivity index (χ2n) is 3.80.